The number of nitrogens with one attached hydrogen (secondary N) is 3. The molecule has 61 heavy (non-hydrogen) atoms. The number of benzene rings is 4. The van der Waals surface area contributed by atoms with E-state index in [9.17, 15) is 9.59 Å². The molecule has 5 heterocycles. The van der Waals surface area contributed by atoms with Gasteiger partial charge in [0.15, 0.2) is 0 Å². The Morgan fingerprint density at radius 1 is 0.639 bits per heavy atom. The smallest absolute Gasteiger partial charge is 0.245 e. The lowest BCUT2D eigenvalue weighted by atomic mass is 9.87. The van der Waals surface area contributed by atoms with E-state index in [1.165, 1.54) is 27.8 Å². The van der Waals surface area contributed by atoms with Gasteiger partial charge in [-0.3, -0.25) is 19.4 Å². The predicted molar refractivity (Wildman–Crippen MR) is 239 cm³/mol. The van der Waals surface area contributed by atoms with Gasteiger partial charge in [0.2, 0.25) is 11.8 Å². The summed E-state index contributed by atoms with van der Waals surface area (Å²) in [5.41, 5.74) is 12.3. The zero-order valence-corrected chi connectivity index (χ0v) is 35.4. The lowest BCUT2D eigenvalue weighted by Gasteiger charge is -2.31. The number of H-pyrrole nitrogens is 3. The molecule has 4 atom stereocenters. The fraction of sp³-hybridized carbons (Fsp3) is 0.320. The van der Waals surface area contributed by atoms with Crippen LogP contribution in [-0.2, 0) is 22.4 Å². The number of rotatable bonds is 10. The van der Waals surface area contributed by atoms with Gasteiger partial charge in [-0.25, -0.2) is 9.97 Å². The van der Waals surface area contributed by atoms with Gasteiger partial charge in [0, 0.05) is 40.8 Å². The molecule has 11 nitrogen and oxygen atoms in total. The third-order valence-corrected chi connectivity index (χ3v) is 13.2. The molecular weight excluding hydrogens is 759 g/mol. The summed E-state index contributed by atoms with van der Waals surface area (Å²) in [4.78, 5) is 56.9. The molecule has 3 aliphatic rings. The molecule has 7 aromatic rings. The Hall–Kier alpha value is -6.30. The van der Waals surface area contributed by atoms with Crippen LogP contribution in [0.5, 0.6) is 0 Å². The van der Waals surface area contributed by atoms with Crippen LogP contribution >= 0.6 is 0 Å². The summed E-state index contributed by atoms with van der Waals surface area (Å²) in [7, 11) is 7.88. The summed E-state index contributed by atoms with van der Waals surface area (Å²) in [5, 5.41) is 1.23. The highest BCUT2D eigenvalue weighted by molar-refractivity contribution is 5.95. The van der Waals surface area contributed by atoms with E-state index in [1.54, 1.807) is 0 Å². The minimum Gasteiger partial charge on any atom is -0.354 e. The van der Waals surface area contributed by atoms with Crippen LogP contribution in [0.3, 0.4) is 0 Å². The first-order valence-electron chi connectivity index (χ1n) is 21.7. The summed E-state index contributed by atoms with van der Waals surface area (Å²) < 4.78 is 0. The number of aromatic amines is 3. The Morgan fingerprint density at radius 2 is 1.16 bits per heavy atom. The highest BCUT2D eigenvalue weighted by atomic mass is 16.2. The van der Waals surface area contributed by atoms with Crippen LogP contribution in [0.4, 0.5) is 0 Å². The Balaban J connectivity index is 0.870. The molecule has 1 aliphatic carbocycles. The zero-order valence-electron chi connectivity index (χ0n) is 35.4. The van der Waals surface area contributed by atoms with Gasteiger partial charge in [-0.15, -0.1) is 0 Å². The highest BCUT2D eigenvalue weighted by Gasteiger charge is 2.38. The van der Waals surface area contributed by atoms with Gasteiger partial charge in [-0.1, -0.05) is 78.9 Å². The van der Waals surface area contributed by atoms with E-state index in [0.717, 1.165) is 102 Å². The second-order valence-electron chi connectivity index (χ2n) is 17.4. The van der Waals surface area contributed by atoms with Crippen molar-refractivity contribution >= 4 is 22.7 Å². The summed E-state index contributed by atoms with van der Waals surface area (Å²) in [5.74, 6) is 1.91. The van der Waals surface area contributed by atoms with Crippen molar-refractivity contribution in [3.63, 3.8) is 0 Å². The molecule has 2 saturated heterocycles. The number of carbonyl (C=O) groups is 2. The van der Waals surface area contributed by atoms with Crippen molar-refractivity contribution in [1.82, 2.24) is 44.5 Å². The third kappa shape index (κ3) is 7.05. The average molecular weight is 812 g/mol. The van der Waals surface area contributed by atoms with Crippen LogP contribution in [0.15, 0.2) is 109 Å². The average Bonchev–Trinajstić information content (AvgIpc) is 4.13. The maximum Gasteiger partial charge on any atom is 0.245 e. The van der Waals surface area contributed by atoms with E-state index in [1.807, 2.05) is 121 Å². The molecule has 2 fully saturated rings. The quantitative estimate of drug-likeness (QED) is 0.127. The summed E-state index contributed by atoms with van der Waals surface area (Å²) in [6.07, 6.45) is 9.37. The maximum absolute atomic E-state index is 14.1. The number of imidazole rings is 2. The third-order valence-electron chi connectivity index (χ3n) is 13.2. The maximum atomic E-state index is 14.1. The van der Waals surface area contributed by atoms with Crippen molar-refractivity contribution in [1.29, 1.82) is 0 Å². The second kappa shape index (κ2) is 15.9. The number of hydrogen-bond acceptors (Lipinski definition) is 6. The molecular formula is C50H53N9O2. The number of carbonyl (C=O) groups excluding carboxylic acids is 2. The van der Waals surface area contributed by atoms with Crippen molar-refractivity contribution in [3.05, 3.63) is 143 Å². The van der Waals surface area contributed by atoms with Gasteiger partial charge in [0.1, 0.15) is 23.7 Å². The van der Waals surface area contributed by atoms with Crippen molar-refractivity contribution in [3.8, 4) is 33.8 Å². The SMILES string of the molecule is CN(C)[C@@H](C(=O)N1CCCC1c1ncc(-c2ccc3[nH]c4c(c3c2)CCc2cc(-c3cnc([C@@H]5CCCN5C(=O)[C@@H](c5ccccc5)N(C)C)[nH]3)ccc2-4)[nH]1)c1ccccc1. The Kier molecular flexibility index (Phi) is 10.2. The zero-order chi connectivity index (χ0) is 41.8. The van der Waals surface area contributed by atoms with Crippen LogP contribution in [0.2, 0.25) is 0 Å². The van der Waals surface area contributed by atoms with Gasteiger partial charge in [0.05, 0.1) is 35.9 Å². The minimum absolute atomic E-state index is 0.0837. The predicted octanol–water partition coefficient (Wildman–Crippen LogP) is 8.65. The van der Waals surface area contributed by atoms with Crippen LogP contribution in [0.25, 0.3) is 44.7 Å². The van der Waals surface area contributed by atoms with Gasteiger partial charge >= 0.3 is 0 Å². The minimum atomic E-state index is -0.345. The van der Waals surface area contributed by atoms with Crippen LogP contribution < -0.4 is 0 Å². The number of amides is 2. The number of nitrogens with zero attached hydrogens (tertiary/aromatic N) is 6. The molecule has 0 radical (unpaired) electrons. The molecule has 4 aromatic carbocycles. The van der Waals surface area contributed by atoms with E-state index in [0.29, 0.717) is 0 Å². The van der Waals surface area contributed by atoms with Gasteiger partial charge in [0.25, 0.3) is 0 Å². The first-order valence-corrected chi connectivity index (χ1v) is 21.7. The number of hydrogen-bond donors (Lipinski definition) is 3. The molecule has 1 unspecified atom stereocenters. The van der Waals surface area contributed by atoms with E-state index in [-0.39, 0.29) is 36.0 Å². The van der Waals surface area contributed by atoms with E-state index in [4.69, 9.17) is 9.97 Å². The molecule has 0 spiro atoms. The first-order chi connectivity index (χ1) is 29.7. The number of likely N-dealkylation sites (tertiary alicyclic amines) is 2. The number of fused-ring (bicyclic) bond motifs is 5. The van der Waals surface area contributed by atoms with E-state index >= 15 is 0 Å². The summed E-state index contributed by atoms with van der Waals surface area (Å²) >= 11 is 0. The standard InChI is InChI=1S/C50H53N9O2/c1-56(2)45(31-13-7-5-8-14-31)49(60)58-25-11-17-42(58)47-51-29-40(54-47)34-20-22-36-33(27-34)19-23-37-38-28-35(21-24-39(38)53-44(36)37)41-30-52-48(55-41)43-18-12-26-59(43)50(61)46(57(3)4)32-15-9-6-10-16-32/h5-10,13-16,20-22,24,27-30,42-43,45-46,53H,11-12,17-19,23,25-26H2,1-4H3,(H,51,54)(H,52,55)/t42-,43?,45+,46+/m0/s1. The largest absolute Gasteiger partial charge is 0.354 e. The molecule has 0 bridgehead atoms. The van der Waals surface area contributed by atoms with Crippen molar-refractivity contribution in [2.24, 2.45) is 0 Å². The summed E-state index contributed by atoms with van der Waals surface area (Å²) in [6, 6.07) is 32.5. The topological polar surface area (TPSA) is 120 Å². The monoisotopic (exact) mass is 811 g/mol. The summed E-state index contributed by atoms with van der Waals surface area (Å²) in [6.45, 7) is 1.44. The van der Waals surface area contributed by atoms with E-state index in [2.05, 4.69) is 51.4 Å². The van der Waals surface area contributed by atoms with Crippen molar-refractivity contribution in [2.45, 2.75) is 62.7 Å². The van der Waals surface area contributed by atoms with Crippen molar-refractivity contribution < 1.29 is 9.59 Å². The molecule has 2 amide bonds. The lowest BCUT2D eigenvalue weighted by Crippen LogP contribution is -2.40. The van der Waals surface area contributed by atoms with Gasteiger partial charge in [-0.05, 0) is 113 Å². The molecule has 3 aromatic heterocycles. The fourth-order valence-electron chi connectivity index (χ4n) is 10.2. The highest BCUT2D eigenvalue weighted by Crippen LogP contribution is 2.42. The second-order valence-corrected chi connectivity index (χ2v) is 17.4. The number of aryl methyl sites for hydroxylation is 2. The van der Waals surface area contributed by atoms with Crippen molar-refractivity contribution in [2.75, 3.05) is 41.3 Å². The normalized spacial score (nSPS) is 18.5. The molecule has 2 aliphatic heterocycles. The number of aromatic nitrogens is 5. The van der Waals surface area contributed by atoms with Crippen LogP contribution in [0.1, 0.15) is 83.8 Å². The Labute approximate surface area is 356 Å². The van der Waals surface area contributed by atoms with Crippen LogP contribution in [-0.4, -0.2) is 97.6 Å². The lowest BCUT2D eigenvalue weighted by molar-refractivity contribution is -0.138. The fourth-order valence-corrected chi connectivity index (χ4v) is 10.2. The van der Waals surface area contributed by atoms with Gasteiger partial charge < -0.3 is 24.8 Å². The van der Waals surface area contributed by atoms with Gasteiger partial charge in [-0.2, -0.15) is 0 Å². The first kappa shape index (κ1) is 38.9. The molecule has 11 heteroatoms. The molecule has 3 N–H and O–H groups in total. The Morgan fingerprint density at radius 3 is 1.70 bits per heavy atom. The Bertz CT molecular complexity index is 2710. The van der Waals surface area contributed by atoms with Crippen LogP contribution in [0, 0.1) is 0 Å². The molecule has 0 saturated carbocycles. The molecule has 10 rings (SSSR count). The molecule has 310 valence electrons. The number of likely N-dealkylation sites (N-methyl/N-ethyl adjacent to an activating group) is 2. The van der Waals surface area contributed by atoms with E-state index < -0.39 is 0 Å².